The van der Waals surface area contributed by atoms with Gasteiger partial charge in [-0.2, -0.15) is 0 Å². The highest BCUT2D eigenvalue weighted by atomic mass is 35.5. The Hall–Kier alpha value is -1.82. The van der Waals surface area contributed by atoms with Gasteiger partial charge in [0.05, 0.1) is 10.6 Å². The molecule has 1 N–H and O–H groups in total. The zero-order chi connectivity index (χ0) is 14.0. The van der Waals surface area contributed by atoms with E-state index >= 15 is 0 Å². The van der Waals surface area contributed by atoms with E-state index in [-0.39, 0.29) is 18.4 Å². The van der Waals surface area contributed by atoms with Gasteiger partial charge in [-0.15, -0.1) is 0 Å². The lowest BCUT2D eigenvalue weighted by Crippen LogP contribution is -2.50. The summed E-state index contributed by atoms with van der Waals surface area (Å²) < 4.78 is 0. The molecule has 1 aliphatic rings. The quantitative estimate of drug-likeness (QED) is 0.867. The van der Waals surface area contributed by atoms with Crippen LogP contribution in [-0.4, -0.2) is 60.3 Å². The molecule has 1 aromatic rings. The third-order valence-corrected chi connectivity index (χ3v) is 3.36. The Morgan fingerprint density at radius 3 is 2.79 bits per heavy atom. The maximum atomic E-state index is 12.2. The number of anilines is 1. The molecule has 2 rings (SSSR count). The number of aromatic nitrogens is 1. The first-order valence-corrected chi connectivity index (χ1v) is 6.27. The molecule has 19 heavy (non-hydrogen) atoms. The van der Waals surface area contributed by atoms with Crippen LogP contribution in [0.5, 0.6) is 0 Å². The molecular formula is C12H15ClN4O2. The van der Waals surface area contributed by atoms with Crippen LogP contribution in [0.15, 0.2) is 12.3 Å². The molecule has 0 bridgehead atoms. The van der Waals surface area contributed by atoms with E-state index in [1.54, 1.807) is 25.1 Å². The van der Waals surface area contributed by atoms with Gasteiger partial charge in [-0.25, -0.2) is 4.98 Å². The monoisotopic (exact) mass is 282 g/mol. The smallest absolute Gasteiger partial charge is 0.256 e. The minimum absolute atomic E-state index is 0.0644. The summed E-state index contributed by atoms with van der Waals surface area (Å²) in [6.07, 6.45) is 1.46. The van der Waals surface area contributed by atoms with Crippen molar-refractivity contribution in [3.63, 3.8) is 0 Å². The van der Waals surface area contributed by atoms with Crippen LogP contribution in [0.3, 0.4) is 0 Å². The lowest BCUT2D eigenvalue weighted by Gasteiger charge is -2.32. The normalized spacial score (nSPS) is 15.6. The first-order valence-electron chi connectivity index (χ1n) is 5.89. The number of carbonyl (C=O) groups is 2. The van der Waals surface area contributed by atoms with Crippen molar-refractivity contribution in [3.05, 3.63) is 22.8 Å². The molecule has 6 nitrogen and oxygen atoms in total. The van der Waals surface area contributed by atoms with E-state index < -0.39 is 0 Å². The molecule has 0 aliphatic carbocycles. The third-order valence-electron chi connectivity index (χ3n) is 3.07. The minimum Gasteiger partial charge on any atom is -0.372 e. The van der Waals surface area contributed by atoms with Crippen molar-refractivity contribution in [1.29, 1.82) is 0 Å². The first-order chi connectivity index (χ1) is 9.02. The highest BCUT2D eigenvalue weighted by molar-refractivity contribution is 6.33. The molecule has 0 unspecified atom stereocenters. The average Bonchev–Trinajstić information content (AvgIpc) is 2.41. The Labute approximate surface area is 116 Å². The van der Waals surface area contributed by atoms with Gasteiger partial charge in [0.15, 0.2) is 0 Å². The molecule has 1 aliphatic heterocycles. The average molecular weight is 283 g/mol. The molecule has 1 fully saturated rings. The van der Waals surface area contributed by atoms with Crippen molar-refractivity contribution in [2.45, 2.75) is 0 Å². The van der Waals surface area contributed by atoms with Crippen LogP contribution < -0.4 is 5.32 Å². The van der Waals surface area contributed by atoms with Gasteiger partial charge in [0, 0.05) is 33.4 Å². The Balaban J connectivity index is 2.16. The van der Waals surface area contributed by atoms with Crippen molar-refractivity contribution in [2.24, 2.45) is 0 Å². The summed E-state index contributed by atoms with van der Waals surface area (Å²) in [5.74, 6) is 0.233. The summed E-state index contributed by atoms with van der Waals surface area (Å²) >= 11 is 5.99. The fourth-order valence-electron chi connectivity index (χ4n) is 1.85. The predicted octanol–water partition coefficient (Wildman–Crippen LogP) is 0.691. The van der Waals surface area contributed by atoms with Crippen LogP contribution in [0.1, 0.15) is 10.4 Å². The van der Waals surface area contributed by atoms with E-state index in [1.807, 2.05) is 0 Å². The number of hydrogen-bond acceptors (Lipinski definition) is 4. The van der Waals surface area contributed by atoms with Gasteiger partial charge in [-0.05, 0) is 6.07 Å². The Morgan fingerprint density at radius 1 is 1.47 bits per heavy atom. The number of halogens is 1. The Kier molecular flexibility index (Phi) is 3.90. The number of carbonyl (C=O) groups excluding carboxylic acids is 2. The number of nitrogens with one attached hydrogen (secondary N) is 1. The Bertz CT molecular complexity index is 520. The van der Waals surface area contributed by atoms with Gasteiger partial charge in [0.25, 0.3) is 5.91 Å². The summed E-state index contributed by atoms with van der Waals surface area (Å²) in [6, 6.07) is 1.56. The number of likely N-dealkylation sites (N-methyl/N-ethyl adjacent to an activating group) is 1. The van der Waals surface area contributed by atoms with Gasteiger partial charge in [0.2, 0.25) is 5.91 Å². The van der Waals surface area contributed by atoms with Crippen LogP contribution in [-0.2, 0) is 4.79 Å². The number of hydrogen-bond donors (Lipinski definition) is 1. The summed E-state index contributed by atoms with van der Waals surface area (Å²) in [7, 11) is 3.43. The summed E-state index contributed by atoms with van der Waals surface area (Å²) in [5.41, 5.74) is 0.390. The topological polar surface area (TPSA) is 65.5 Å². The first kappa shape index (κ1) is 13.6. The van der Waals surface area contributed by atoms with Crippen molar-refractivity contribution in [3.8, 4) is 0 Å². The van der Waals surface area contributed by atoms with Crippen molar-refractivity contribution < 1.29 is 9.59 Å². The van der Waals surface area contributed by atoms with Crippen LogP contribution in [0, 0.1) is 0 Å². The second-order valence-corrected chi connectivity index (χ2v) is 4.75. The van der Waals surface area contributed by atoms with E-state index in [1.165, 1.54) is 11.1 Å². The molecule has 0 atom stereocenters. The fraction of sp³-hybridized carbons (Fsp3) is 0.417. The van der Waals surface area contributed by atoms with Gasteiger partial charge in [0.1, 0.15) is 12.4 Å². The lowest BCUT2D eigenvalue weighted by atomic mass is 10.2. The van der Waals surface area contributed by atoms with Gasteiger partial charge in [-0.1, -0.05) is 11.6 Å². The number of amides is 2. The fourth-order valence-corrected chi connectivity index (χ4v) is 2.11. The molecule has 7 heteroatoms. The van der Waals surface area contributed by atoms with E-state index in [2.05, 4.69) is 10.3 Å². The van der Waals surface area contributed by atoms with Gasteiger partial charge >= 0.3 is 0 Å². The van der Waals surface area contributed by atoms with Crippen LogP contribution in [0.4, 0.5) is 5.82 Å². The largest absolute Gasteiger partial charge is 0.372 e. The molecule has 2 amide bonds. The van der Waals surface area contributed by atoms with Crippen molar-refractivity contribution in [2.75, 3.05) is 39.0 Å². The zero-order valence-electron chi connectivity index (χ0n) is 10.8. The molecule has 2 heterocycles. The minimum atomic E-state index is -0.224. The second kappa shape index (κ2) is 5.44. The maximum absolute atomic E-state index is 12.2. The van der Waals surface area contributed by atoms with Crippen molar-refractivity contribution >= 4 is 29.2 Å². The second-order valence-electron chi connectivity index (χ2n) is 4.35. The highest BCUT2D eigenvalue weighted by Crippen LogP contribution is 2.20. The van der Waals surface area contributed by atoms with Crippen LogP contribution >= 0.6 is 11.6 Å². The number of nitrogens with zero attached hydrogens (tertiary/aromatic N) is 3. The molecule has 0 saturated carbocycles. The summed E-state index contributed by atoms with van der Waals surface area (Å²) in [5, 5.41) is 3.21. The lowest BCUT2D eigenvalue weighted by molar-refractivity contribution is -0.133. The molecule has 102 valence electrons. The molecule has 0 spiro atoms. The number of piperazine rings is 1. The van der Waals surface area contributed by atoms with Crippen LogP contribution in [0.2, 0.25) is 5.02 Å². The third kappa shape index (κ3) is 2.78. The molecule has 0 aromatic carbocycles. The predicted molar refractivity (Wildman–Crippen MR) is 72.3 cm³/mol. The van der Waals surface area contributed by atoms with E-state index in [9.17, 15) is 9.59 Å². The van der Waals surface area contributed by atoms with E-state index in [0.717, 1.165) is 0 Å². The van der Waals surface area contributed by atoms with Gasteiger partial charge in [-0.3, -0.25) is 9.59 Å². The summed E-state index contributed by atoms with van der Waals surface area (Å²) in [6.45, 7) is 1.16. The Morgan fingerprint density at radius 2 is 2.21 bits per heavy atom. The maximum Gasteiger partial charge on any atom is 0.256 e. The van der Waals surface area contributed by atoms with E-state index in [0.29, 0.717) is 29.5 Å². The number of rotatable bonds is 2. The van der Waals surface area contributed by atoms with E-state index in [4.69, 9.17) is 11.6 Å². The molecule has 0 radical (unpaired) electrons. The highest BCUT2D eigenvalue weighted by Gasteiger charge is 2.26. The van der Waals surface area contributed by atoms with Crippen molar-refractivity contribution in [1.82, 2.24) is 14.8 Å². The molecule has 1 aromatic heterocycles. The standard InChI is InChI=1S/C12H15ClN4O2/c1-14-11-9(13)5-8(6-15-11)12(19)17-4-3-16(2)10(18)7-17/h5-6H,3-4,7H2,1-2H3,(H,14,15). The van der Waals surface area contributed by atoms with Crippen LogP contribution in [0.25, 0.3) is 0 Å². The van der Waals surface area contributed by atoms with Gasteiger partial charge < -0.3 is 15.1 Å². The molecular weight excluding hydrogens is 268 g/mol. The number of pyridine rings is 1. The SMILES string of the molecule is CNc1ncc(C(=O)N2CCN(C)C(=O)C2)cc1Cl. The summed E-state index contributed by atoms with van der Waals surface area (Å²) in [4.78, 5) is 31.0. The zero-order valence-corrected chi connectivity index (χ0v) is 11.6. The molecule has 1 saturated heterocycles.